The van der Waals surface area contributed by atoms with Gasteiger partial charge in [-0.1, -0.05) is 6.42 Å². The van der Waals surface area contributed by atoms with E-state index in [1.54, 1.807) is 6.21 Å². The molecule has 0 aliphatic heterocycles. The van der Waals surface area contributed by atoms with Crippen LogP contribution in [0.3, 0.4) is 0 Å². The Morgan fingerprint density at radius 2 is 2.00 bits per heavy atom. The van der Waals surface area contributed by atoms with E-state index in [1.807, 2.05) is 0 Å². The van der Waals surface area contributed by atoms with E-state index in [2.05, 4.69) is 10.5 Å². The van der Waals surface area contributed by atoms with Crippen LogP contribution in [0.15, 0.2) is 23.3 Å². The molecule has 19 heavy (non-hydrogen) atoms. The molecule has 2 rings (SSSR count). The standard InChI is InChI=1S/C11H12N4O4/c16-14(17)9-4-5-10(11(6-9)15(18)19)13-12-7-8-2-1-3-8/h4-8,13H,1-3H2. The van der Waals surface area contributed by atoms with Crippen molar-refractivity contribution in [3.63, 3.8) is 0 Å². The van der Waals surface area contributed by atoms with Gasteiger partial charge >= 0.3 is 5.69 Å². The van der Waals surface area contributed by atoms with Crippen molar-refractivity contribution in [2.75, 3.05) is 5.43 Å². The summed E-state index contributed by atoms with van der Waals surface area (Å²) in [6, 6.07) is 3.41. The largest absolute Gasteiger partial charge is 0.301 e. The maximum absolute atomic E-state index is 10.9. The highest BCUT2D eigenvalue weighted by Crippen LogP contribution is 2.29. The van der Waals surface area contributed by atoms with E-state index in [0.29, 0.717) is 5.92 Å². The van der Waals surface area contributed by atoms with Crippen LogP contribution in [0.4, 0.5) is 17.1 Å². The summed E-state index contributed by atoms with van der Waals surface area (Å²) < 4.78 is 0. The van der Waals surface area contributed by atoms with Crippen molar-refractivity contribution in [3.8, 4) is 0 Å². The van der Waals surface area contributed by atoms with Crippen molar-refractivity contribution in [2.45, 2.75) is 19.3 Å². The summed E-state index contributed by atoms with van der Waals surface area (Å²) >= 11 is 0. The average molecular weight is 264 g/mol. The van der Waals surface area contributed by atoms with E-state index in [4.69, 9.17) is 0 Å². The van der Waals surface area contributed by atoms with Gasteiger partial charge in [-0.3, -0.25) is 25.7 Å². The third-order valence-electron chi connectivity index (χ3n) is 3.01. The van der Waals surface area contributed by atoms with Crippen molar-refractivity contribution in [1.29, 1.82) is 0 Å². The van der Waals surface area contributed by atoms with Gasteiger partial charge in [-0.2, -0.15) is 5.10 Å². The van der Waals surface area contributed by atoms with Gasteiger partial charge in [0, 0.05) is 12.3 Å². The molecule has 0 spiro atoms. The second-order valence-electron chi connectivity index (χ2n) is 4.30. The van der Waals surface area contributed by atoms with E-state index < -0.39 is 9.85 Å². The van der Waals surface area contributed by atoms with E-state index >= 15 is 0 Å². The molecule has 0 bridgehead atoms. The lowest BCUT2D eigenvalue weighted by Gasteiger charge is -2.20. The zero-order chi connectivity index (χ0) is 13.8. The third kappa shape index (κ3) is 3.03. The minimum atomic E-state index is -0.672. The van der Waals surface area contributed by atoms with Crippen LogP contribution < -0.4 is 5.43 Å². The molecule has 1 aliphatic rings. The molecule has 1 N–H and O–H groups in total. The van der Waals surface area contributed by atoms with Gasteiger partial charge in [0.05, 0.1) is 15.9 Å². The molecule has 8 heteroatoms. The first-order valence-corrected chi connectivity index (χ1v) is 5.80. The smallest absolute Gasteiger partial charge is 0.272 e. The Morgan fingerprint density at radius 3 is 2.53 bits per heavy atom. The molecule has 1 aromatic rings. The van der Waals surface area contributed by atoms with E-state index in [9.17, 15) is 20.2 Å². The highest BCUT2D eigenvalue weighted by atomic mass is 16.6. The number of anilines is 1. The molecule has 0 unspecified atom stereocenters. The molecule has 0 saturated heterocycles. The SMILES string of the molecule is O=[N+]([O-])c1ccc(NN=CC2CCC2)c([N+](=O)[O-])c1. The van der Waals surface area contributed by atoms with Crippen LogP contribution in [-0.2, 0) is 0 Å². The maximum atomic E-state index is 10.9. The Hall–Kier alpha value is -2.51. The Morgan fingerprint density at radius 1 is 1.26 bits per heavy atom. The first-order chi connectivity index (χ1) is 9.08. The Labute approximate surface area is 108 Å². The quantitative estimate of drug-likeness (QED) is 0.499. The maximum Gasteiger partial charge on any atom is 0.301 e. The van der Waals surface area contributed by atoms with Gasteiger partial charge in [0.15, 0.2) is 0 Å². The molecule has 1 fully saturated rings. The van der Waals surface area contributed by atoms with Crippen LogP contribution in [-0.4, -0.2) is 16.1 Å². The van der Waals surface area contributed by atoms with Gasteiger partial charge in [-0.15, -0.1) is 0 Å². The molecule has 1 aliphatic carbocycles. The monoisotopic (exact) mass is 264 g/mol. The topological polar surface area (TPSA) is 111 Å². The van der Waals surface area contributed by atoms with Gasteiger partial charge < -0.3 is 0 Å². The summed E-state index contributed by atoms with van der Waals surface area (Å²) in [5.74, 6) is 0.421. The number of nitro groups is 2. The second kappa shape index (κ2) is 5.42. The van der Waals surface area contributed by atoms with Crippen LogP contribution in [0.2, 0.25) is 0 Å². The van der Waals surface area contributed by atoms with Crippen LogP contribution in [0.5, 0.6) is 0 Å². The third-order valence-corrected chi connectivity index (χ3v) is 3.01. The van der Waals surface area contributed by atoms with Gasteiger partial charge in [0.25, 0.3) is 5.69 Å². The first kappa shape index (κ1) is 12.9. The lowest BCUT2D eigenvalue weighted by molar-refractivity contribution is -0.393. The number of nitro benzene ring substituents is 2. The summed E-state index contributed by atoms with van der Waals surface area (Å²) in [4.78, 5) is 20.1. The molecule has 0 heterocycles. The molecule has 0 aromatic heterocycles. The minimum Gasteiger partial charge on any atom is -0.272 e. The fourth-order valence-electron chi connectivity index (χ4n) is 1.68. The zero-order valence-corrected chi connectivity index (χ0v) is 9.98. The molecule has 1 aromatic carbocycles. The Bertz CT molecular complexity index is 539. The van der Waals surface area contributed by atoms with Crippen LogP contribution in [0.25, 0.3) is 0 Å². The summed E-state index contributed by atoms with van der Waals surface area (Å²) in [5, 5.41) is 25.4. The van der Waals surface area contributed by atoms with Crippen LogP contribution >= 0.6 is 0 Å². The molecule has 100 valence electrons. The average Bonchev–Trinajstić information content (AvgIpc) is 2.32. The van der Waals surface area contributed by atoms with E-state index in [-0.39, 0.29) is 17.1 Å². The summed E-state index contributed by atoms with van der Waals surface area (Å²) in [6.07, 6.45) is 5.05. The van der Waals surface area contributed by atoms with E-state index in [1.165, 1.54) is 18.6 Å². The molecular formula is C11H12N4O4. The van der Waals surface area contributed by atoms with Crippen molar-refractivity contribution in [1.82, 2.24) is 0 Å². The predicted molar refractivity (Wildman–Crippen MR) is 69.2 cm³/mol. The predicted octanol–water partition coefficient (Wildman–Crippen LogP) is 2.70. The Kier molecular flexibility index (Phi) is 3.69. The molecule has 0 amide bonds. The number of rotatable bonds is 5. The number of nitrogens with one attached hydrogen (secondary N) is 1. The summed E-state index contributed by atoms with van der Waals surface area (Å²) in [5.41, 5.74) is 2.03. The summed E-state index contributed by atoms with van der Waals surface area (Å²) in [7, 11) is 0. The van der Waals surface area contributed by atoms with Crippen LogP contribution in [0, 0.1) is 26.1 Å². The fourth-order valence-corrected chi connectivity index (χ4v) is 1.68. The number of hydrogen-bond acceptors (Lipinski definition) is 6. The molecule has 1 saturated carbocycles. The lowest BCUT2D eigenvalue weighted by atomic mass is 9.87. The lowest BCUT2D eigenvalue weighted by Crippen LogP contribution is -2.12. The molecular weight excluding hydrogens is 252 g/mol. The zero-order valence-electron chi connectivity index (χ0n) is 9.98. The second-order valence-corrected chi connectivity index (χ2v) is 4.30. The number of non-ortho nitro benzene ring substituents is 1. The number of nitrogens with zero attached hydrogens (tertiary/aromatic N) is 3. The highest BCUT2D eigenvalue weighted by molar-refractivity contribution is 5.68. The van der Waals surface area contributed by atoms with Crippen molar-refractivity contribution >= 4 is 23.3 Å². The molecule has 8 nitrogen and oxygen atoms in total. The number of benzene rings is 1. The van der Waals surface area contributed by atoms with Gasteiger partial charge in [0.1, 0.15) is 5.69 Å². The minimum absolute atomic E-state index is 0.145. The van der Waals surface area contributed by atoms with Gasteiger partial charge in [0.2, 0.25) is 0 Å². The molecule has 0 atom stereocenters. The number of hydrogen-bond donors (Lipinski definition) is 1. The Balaban J connectivity index is 2.16. The van der Waals surface area contributed by atoms with Crippen molar-refractivity contribution < 1.29 is 9.85 Å². The normalized spacial score (nSPS) is 15.2. The first-order valence-electron chi connectivity index (χ1n) is 5.80. The van der Waals surface area contributed by atoms with Gasteiger partial charge in [-0.25, -0.2) is 0 Å². The number of hydrazone groups is 1. The van der Waals surface area contributed by atoms with Crippen molar-refractivity contribution in [2.24, 2.45) is 11.0 Å². The highest BCUT2D eigenvalue weighted by Gasteiger charge is 2.19. The van der Waals surface area contributed by atoms with Crippen LogP contribution in [0.1, 0.15) is 19.3 Å². The fraction of sp³-hybridized carbons (Fsp3) is 0.364. The molecule has 0 radical (unpaired) electrons. The van der Waals surface area contributed by atoms with E-state index in [0.717, 1.165) is 18.9 Å². The van der Waals surface area contributed by atoms with Crippen molar-refractivity contribution in [3.05, 3.63) is 38.4 Å². The summed E-state index contributed by atoms with van der Waals surface area (Å²) in [6.45, 7) is 0. The van der Waals surface area contributed by atoms with Gasteiger partial charge in [-0.05, 0) is 24.8 Å².